The van der Waals surface area contributed by atoms with Gasteiger partial charge in [-0.25, -0.2) is 0 Å². The Morgan fingerprint density at radius 2 is 1.95 bits per heavy atom. The van der Waals surface area contributed by atoms with Gasteiger partial charge in [-0.05, 0) is 19.8 Å². The zero-order valence-electron chi connectivity index (χ0n) is 12.4. The predicted octanol–water partition coefficient (Wildman–Crippen LogP) is 1.49. The molecule has 0 aromatic heterocycles. The third-order valence-electron chi connectivity index (χ3n) is 3.71. The number of thiocarbonyl (C=S) groups is 1. The molecular weight excluding hydrogens is 258 g/mol. The Hall–Kier alpha value is -0.230. The molecule has 0 saturated carbocycles. The summed E-state index contributed by atoms with van der Waals surface area (Å²) in [4.78, 5) is 5.62. The summed E-state index contributed by atoms with van der Waals surface area (Å²) in [6.45, 7) is 11.5. The van der Waals surface area contributed by atoms with Gasteiger partial charge in [0.2, 0.25) is 0 Å². The fraction of sp³-hybridized carbons (Fsp3) is 0.929. The van der Waals surface area contributed by atoms with E-state index in [1.807, 2.05) is 6.92 Å². The molecule has 1 unspecified atom stereocenters. The van der Waals surface area contributed by atoms with Crippen LogP contribution >= 0.6 is 12.2 Å². The molecule has 1 saturated heterocycles. The first kappa shape index (κ1) is 16.8. The number of hydrogen-bond donors (Lipinski definition) is 1. The molecule has 1 rings (SSSR count). The van der Waals surface area contributed by atoms with Crippen LogP contribution in [0.25, 0.3) is 0 Å². The topological polar surface area (TPSA) is 41.7 Å². The Balaban J connectivity index is 2.25. The first-order valence-corrected chi connectivity index (χ1v) is 7.93. The van der Waals surface area contributed by atoms with Crippen molar-refractivity contribution >= 4 is 17.2 Å². The molecule has 1 fully saturated rings. The Labute approximate surface area is 123 Å². The Morgan fingerprint density at radius 3 is 2.47 bits per heavy atom. The van der Waals surface area contributed by atoms with Gasteiger partial charge in [-0.3, -0.25) is 4.90 Å². The first-order valence-electron chi connectivity index (χ1n) is 7.52. The van der Waals surface area contributed by atoms with E-state index in [1.54, 1.807) is 0 Å². The number of ether oxygens (including phenoxy) is 1. The fourth-order valence-electron chi connectivity index (χ4n) is 2.61. The minimum absolute atomic E-state index is 0.297. The van der Waals surface area contributed by atoms with Gasteiger partial charge < -0.3 is 15.4 Å². The second kappa shape index (κ2) is 9.64. The molecule has 0 aromatic carbocycles. The van der Waals surface area contributed by atoms with Crippen molar-refractivity contribution in [2.75, 3.05) is 45.9 Å². The lowest BCUT2D eigenvalue weighted by Crippen LogP contribution is -2.53. The summed E-state index contributed by atoms with van der Waals surface area (Å²) in [6.07, 6.45) is 3.35. The van der Waals surface area contributed by atoms with Crippen molar-refractivity contribution in [1.29, 1.82) is 0 Å². The lowest BCUT2D eigenvalue weighted by atomic mass is 10.1. The summed E-state index contributed by atoms with van der Waals surface area (Å²) in [5, 5.41) is 0. The summed E-state index contributed by atoms with van der Waals surface area (Å²) in [5.41, 5.74) is 5.86. The molecule has 1 atom stereocenters. The van der Waals surface area contributed by atoms with Crippen LogP contribution in [0.2, 0.25) is 0 Å². The van der Waals surface area contributed by atoms with Gasteiger partial charge in [-0.1, -0.05) is 25.6 Å². The minimum atomic E-state index is 0.297. The Morgan fingerprint density at radius 1 is 1.26 bits per heavy atom. The zero-order chi connectivity index (χ0) is 14.1. The zero-order valence-corrected chi connectivity index (χ0v) is 13.3. The number of nitrogens with zero attached hydrogens (tertiary/aromatic N) is 2. The van der Waals surface area contributed by atoms with Gasteiger partial charge in [0, 0.05) is 45.9 Å². The van der Waals surface area contributed by atoms with E-state index >= 15 is 0 Å². The van der Waals surface area contributed by atoms with Crippen molar-refractivity contribution in [2.45, 2.75) is 39.2 Å². The van der Waals surface area contributed by atoms with Crippen molar-refractivity contribution in [3.63, 3.8) is 0 Å². The van der Waals surface area contributed by atoms with Gasteiger partial charge >= 0.3 is 0 Å². The van der Waals surface area contributed by atoms with E-state index in [0.29, 0.717) is 11.0 Å². The second-order valence-corrected chi connectivity index (χ2v) is 5.61. The van der Waals surface area contributed by atoms with Crippen LogP contribution in [0.1, 0.15) is 33.1 Å². The highest BCUT2D eigenvalue weighted by Crippen LogP contribution is 2.12. The minimum Gasteiger partial charge on any atom is -0.392 e. The maximum atomic E-state index is 5.86. The molecule has 0 radical (unpaired) electrons. The third-order valence-corrected chi connectivity index (χ3v) is 3.98. The number of piperazine rings is 1. The highest BCUT2D eigenvalue weighted by Gasteiger charge is 2.24. The van der Waals surface area contributed by atoms with Crippen molar-refractivity contribution in [1.82, 2.24) is 9.80 Å². The Kier molecular flexibility index (Phi) is 8.53. The van der Waals surface area contributed by atoms with Crippen LogP contribution in [0.15, 0.2) is 0 Å². The first-order chi connectivity index (χ1) is 9.19. The molecule has 2 N–H and O–H groups in total. The average molecular weight is 287 g/mol. The van der Waals surface area contributed by atoms with Crippen molar-refractivity contribution < 1.29 is 4.74 Å². The van der Waals surface area contributed by atoms with Crippen LogP contribution in [0.4, 0.5) is 0 Å². The van der Waals surface area contributed by atoms with E-state index in [4.69, 9.17) is 22.7 Å². The smallest absolute Gasteiger partial charge is 0.0902 e. The number of hydrogen-bond acceptors (Lipinski definition) is 4. The molecule has 112 valence electrons. The number of rotatable bonds is 9. The standard InChI is InChI=1S/C14H29N3OS/c1-3-6-13(14(15)19)17-10-8-16(9-11-17)7-5-12-18-4-2/h13H,3-12H2,1-2H3,(H2,15,19). The van der Waals surface area contributed by atoms with E-state index in [0.717, 1.165) is 65.2 Å². The summed E-state index contributed by atoms with van der Waals surface area (Å²) < 4.78 is 5.38. The lowest BCUT2D eigenvalue weighted by Gasteiger charge is -2.39. The summed E-state index contributed by atoms with van der Waals surface area (Å²) in [5.74, 6) is 0. The van der Waals surface area contributed by atoms with E-state index in [9.17, 15) is 0 Å². The van der Waals surface area contributed by atoms with Crippen LogP contribution in [-0.2, 0) is 4.74 Å². The quantitative estimate of drug-likeness (QED) is 0.514. The van der Waals surface area contributed by atoms with Gasteiger partial charge in [-0.15, -0.1) is 0 Å². The molecule has 19 heavy (non-hydrogen) atoms. The van der Waals surface area contributed by atoms with E-state index < -0.39 is 0 Å². The largest absolute Gasteiger partial charge is 0.392 e. The molecule has 0 aliphatic carbocycles. The van der Waals surface area contributed by atoms with E-state index in [2.05, 4.69) is 16.7 Å². The molecular formula is C14H29N3OS. The maximum Gasteiger partial charge on any atom is 0.0902 e. The molecule has 0 amide bonds. The van der Waals surface area contributed by atoms with Gasteiger partial charge in [0.15, 0.2) is 0 Å². The maximum absolute atomic E-state index is 5.86. The highest BCUT2D eigenvalue weighted by atomic mass is 32.1. The summed E-state index contributed by atoms with van der Waals surface area (Å²) in [7, 11) is 0. The lowest BCUT2D eigenvalue weighted by molar-refractivity contribution is 0.0950. The van der Waals surface area contributed by atoms with Crippen LogP contribution in [-0.4, -0.2) is 66.8 Å². The predicted molar refractivity (Wildman–Crippen MR) is 84.6 cm³/mol. The molecule has 1 aliphatic heterocycles. The molecule has 0 spiro atoms. The summed E-state index contributed by atoms with van der Waals surface area (Å²) in [6, 6.07) is 0.297. The van der Waals surface area contributed by atoms with Crippen molar-refractivity contribution in [2.24, 2.45) is 5.73 Å². The van der Waals surface area contributed by atoms with Crippen LogP contribution in [0.3, 0.4) is 0 Å². The third kappa shape index (κ3) is 6.17. The van der Waals surface area contributed by atoms with E-state index in [1.165, 1.54) is 0 Å². The molecule has 5 heteroatoms. The van der Waals surface area contributed by atoms with Gasteiger partial charge in [0.25, 0.3) is 0 Å². The fourth-order valence-corrected chi connectivity index (χ4v) is 2.88. The highest BCUT2D eigenvalue weighted by molar-refractivity contribution is 7.80. The van der Waals surface area contributed by atoms with Crippen molar-refractivity contribution in [3.8, 4) is 0 Å². The molecule has 0 bridgehead atoms. The van der Waals surface area contributed by atoms with Crippen molar-refractivity contribution in [3.05, 3.63) is 0 Å². The molecule has 4 nitrogen and oxygen atoms in total. The average Bonchev–Trinajstić information content (AvgIpc) is 2.41. The van der Waals surface area contributed by atoms with Crippen LogP contribution in [0.5, 0.6) is 0 Å². The molecule has 1 heterocycles. The molecule has 0 aromatic rings. The van der Waals surface area contributed by atoms with Gasteiger partial charge in [0.1, 0.15) is 0 Å². The van der Waals surface area contributed by atoms with Gasteiger partial charge in [0.05, 0.1) is 11.0 Å². The van der Waals surface area contributed by atoms with E-state index in [-0.39, 0.29) is 0 Å². The second-order valence-electron chi connectivity index (χ2n) is 5.13. The monoisotopic (exact) mass is 287 g/mol. The van der Waals surface area contributed by atoms with Gasteiger partial charge in [-0.2, -0.15) is 0 Å². The SMILES string of the molecule is CCCC(C(N)=S)N1CCN(CCCOCC)CC1. The normalized spacial score (nSPS) is 19.5. The summed E-state index contributed by atoms with van der Waals surface area (Å²) >= 11 is 5.20. The van der Waals surface area contributed by atoms with Crippen LogP contribution in [0, 0.1) is 0 Å². The molecule has 1 aliphatic rings. The van der Waals surface area contributed by atoms with Crippen LogP contribution < -0.4 is 5.73 Å². The Bertz CT molecular complexity index is 255. The number of nitrogens with two attached hydrogens (primary N) is 1.